The Balaban J connectivity index is 2.24. The van der Waals surface area contributed by atoms with Crippen molar-refractivity contribution < 1.29 is 9.90 Å². The van der Waals surface area contributed by atoms with Crippen LogP contribution in [0.3, 0.4) is 0 Å². The lowest BCUT2D eigenvalue weighted by molar-refractivity contribution is -0.139. The average Bonchev–Trinajstić information content (AvgIpc) is 2.88. The van der Waals surface area contributed by atoms with Crippen LogP contribution in [-0.2, 0) is 4.79 Å². The SMILES string of the molecule is CC(c1ccc(Cl)cc1Cl)N(CC(=O)O)C1CCCC1. The average molecular weight is 316 g/mol. The number of benzene rings is 1. The third kappa shape index (κ3) is 3.66. The fourth-order valence-corrected chi connectivity index (χ4v) is 3.56. The summed E-state index contributed by atoms with van der Waals surface area (Å²) in [6.07, 6.45) is 4.45. The molecule has 1 aliphatic rings. The van der Waals surface area contributed by atoms with Crippen molar-refractivity contribution in [2.75, 3.05) is 6.54 Å². The number of hydrogen-bond acceptors (Lipinski definition) is 2. The fraction of sp³-hybridized carbons (Fsp3) is 0.533. The summed E-state index contributed by atoms with van der Waals surface area (Å²) in [5, 5.41) is 10.3. The lowest BCUT2D eigenvalue weighted by Crippen LogP contribution is -2.39. The molecule has 0 amide bonds. The number of rotatable bonds is 5. The molecule has 0 spiro atoms. The van der Waals surface area contributed by atoms with Gasteiger partial charge in [0, 0.05) is 22.1 Å². The zero-order valence-corrected chi connectivity index (χ0v) is 13.0. The Morgan fingerprint density at radius 3 is 2.60 bits per heavy atom. The molecule has 1 saturated carbocycles. The van der Waals surface area contributed by atoms with Gasteiger partial charge in [0.15, 0.2) is 0 Å². The van der Waals surface area contributed by atoms with Gasteiger partial charge in [-0.25, -0.2) is 0 Å². The lowest BCUT2D eigenvalue weighted by Gasteiger charge is -2.33. The first-order valence-corrected chi connectivity index (χ1v) is 7.67. The molecule has 0 saturated heterocycles. The molecule has 110 valence electrons. The van der Waals surface area contributed by atoms with E-state index in [0.29, 0.717) is 16.1 Å². The quantitative estimate of drug-likeness (QED) is 0.876. The minimum atomic E-state index is -0.797. The van der Waals surface area contributed by atoms with Crippen molar-refractivity contribution in [2.45, 2.75) is 44.7 Å². The number of aliphatic carboxylic acids is 1. The van der Waals surface area contributed by atoms with E-state index in [-0.39, 0.29) is 12.6 Å². The summed E-state index contributed by atoms with van der Waals surface area (Å²) in [5.74, 6) is -0.797. The Morgan fingerprint density at radius 2 is 2.05 bits per heavy atom. The van der Waals surface area contributed by atoms with Crippen LogP contribution in [0, 0.1) is 0 Å². The molecule has 0 aliphatic heterocycles. The molecule has 1 aromatic rings. The van der Waals surface area contributed by atoms with E-state index in [1.807, 2.05) is 17.9 Å². The van der Waals surface area contributed by atoms with Crippen LogP contribution in [0.4, 0.5) is 0 Å². The van der Waals surface area contributed by atoms with Gasteiger partial charge in [0.05, 0.1) is 6.54 Å². The van der Waals surface area contributed by atoms with Crippen LogP contribution in [0.5, 0.6) is 0 Å². The highest BCUT2D eigenvalue weighted by atomic mass is 35.5. The molecule has 0 heterocycles. The highest BCUT2D eigenvalue weighted by Crippen LogP contribution is 2.34. The largest absolute Gasteiger partial charge is 0.480 e. The third-order valence-electron chi connectivity index (χ3n) is 4.02. The molecule has 5 heteroatoms. The monoisotopic (exact) mass is 315 g/mol. The second kappa shape index (κ2) is 6.79. The van der Waals surface area contributed by atoms with Gasteiger partial charge in [-0.3, -0.25) is 9.69 Å². The van der Waals surface area contributed by atoms with Crippen molar-refractivity contribution in [3.8, 4) is 0 Å². The van der Waals surface area contributed by atoms with Crippen molar-refractivity contribution in [3.63, 3.8) is 0 Å². The number of carboxylic acids is 1. The topological polar surface area (TPSA) is 40.5 Å². The van der Waals surface area contributed by atoms with Crippen LogP contribution < -0.4 is 0 Å². The molecular formula is C15H19Cl2NO2. The minimum Gasteiger partial charge on any atom is -0.480 e. The van der Waals surface area contributed by atoms with E-state index >= 15 is 0 Å². The van der Waals surface area contributed by atoms with Crippen molar-refractivity contribution in [2.24, 2.45) is 0 Å². The zero-order chi connectivity index (χ0) is 14.7. The normalized spacial score (nSPS) is 17.6. The standard InChI is InChI=1S/C15H19Cl2NO2/c1-10(13-7-6-11(16)8-14(13)17)18(9-15(19)20)12-4-2-3-5-12/h6-8,10,12H,2-5,9H2,1H3,(H,19,20). The van der Waals surface area contributed by atoms with E-state index in [1.54, 1.807) is 12.1 Å². The summed E-state index contributed by atoms with van der Waals surface area (Å²) >= 11 is 12.2. The van der Waals surface area contributed by atoms with Gasteiger partial charge >= 0.3 is 5.97 Å². The summed E-state index contributed by atoms with van der Waals surface area (Å²) in [4.78, 5) is 13.2. The molecule has 1 atom stereocenters. The van der Waals surface area contributed by atoms with E-state index in [9.17, 15) is 4.79 Å². The predicted molar refractivity (Wildman–Crippen MR) is 81.5 cm³/mol. The second-order valence-electron chi connectivity index (χ2n) is 5.35. The van der Waals surface area contributed by atoms with E-state index in [1.165, 1.54) is 12.8 Å². The Hall–Kier alpha value is -0.770. The van der Waals surface area contributed by atoms with E-state index in [0.717, 1.165) is 18.4 Å². The van der Waals surface area contributed by atoms with Crippen molar-refractivity contribution >= 4 is 29.2 Å². The number of nitrogens with zero attached hydrogens (tertiary/aromatic N) is 1. The molecule has 1 unspecified atom stereocenters. The molecule has 0 radical (unpaired) electrons. The number of hydrogen-bond donors (Lipinski definition) is 1. The Kier molecular flexibility index (Phi) is 5.30. The molecule has 1 N–H and O–H groups in total. The van der Waals surface area contributed by atoms with Crippen molar-refractivity contribution in [3.05, 3.63) is 33.8 Å². The molecule has 0 bridgehead atoms. The first kappa shape index (κ1) is 15.6. The van der Waals surface area contributed by atoms with Crippen LogP contribution >= 0.6 is 23.2 Å². The van der Waals surface area contributed by atoms with Crippen LogP contribution in [-0.4, -0.2) is 28.6 Å². The summed E-state index contributed by atoms with van der Waals surface area (Å²) in [6, 6.07) is 5.70. The van der Waals surface area contributed by atoms with Crippen LogP contribution in [0.15, 0.2) is 18.2 Å². The van der Waals surface area contributed by atoms with Crippen molar-refractivity contribution in [1.29, 1.82) is 0 Å². The van der Waals surface area contributed by atoms with Crippen LogP contribution in [0.2, 0.25) is 10.0 Å². The van der Waals surface area contributed by atoms with Gasteiger partial charge in [0.25, 0.3) is 0 Å². The smallest absolute Gasteiger partial charge is 0.317 e. The maximum absolute atomic E-state index is 11.1. The van der Waals surface area contributed by atoms with Gasteiger partial charge in [-0.2, -0.15) is 0 Å². The fourth-order valence-electron chi connectivity index (χ4n) is 2.99. The third-order valence-corrected chi connectivity index (χ3v) is 4.58. The summed E-state index contributed by atoms with van der Waals surface area (Å²) in [6.45, 7) is 2.06. The molecular weight excluding hydrogens is 297 g/mol. The zero-order valence-electron chi connectivity index (χ0n) is 11.5. The molecule has 1 fully saturated rings. The predicted octanol–water partition coefficient (Wildman–Crippen LogP) is 4.38. The Morgan fingerprint density at radius 1 is 1.40 bits per heavy atom. The molecule has 0 aromatic heterocycles. The van der Waals surface area contributed by atoms with Gasteiger partial charge < -0.3 is 5.11 Å². The van der Waals surface area contributed by atoms with Gasteiger partial charge in [-0.15, -0.1) is 0 Å². The summed E-state index contributed by atoms with van der Waals surface area (Å²) in [5.41, 5.74) is 0.934. The first-order chi connectivity index (χ1) is 9.49. The maximum atomic E-state index is 11.1. The highest BCUT2D eigenvalue weighted by molar-refractivity contribution is 6.35. The van der Waals surface area contributed by atoms with Gasteiger partial charge in [0.2, 0.25) is 0 Å². The van der Waals surface area contributed by atoms with Gasteiger partial charge in [-0.1, -0.05) is 42.1 Å². The first-order valence-electron chi connectivity index (χ1n) is 6.91. The molecule has 20 heavy (non-hydrogen) atoms. The van der Waals surface area contributed by atoms with Crippen LogP contribution in [0.1, 0.15) is 44.2 Å². The summed E-state index contributed by atoms with van der Waals surface area (Å²) in [7, 11) is 0. The number of halogens is 2. The maximum Gasteiger partial charge on any atom is 0.317 e. The van der Waals surface area contributed by atoms with Gasteiger partial charge in [0.1, 0.15) is 0 Å². The molecule has 1 aliphatic carbocycles. The number of carbonyl (C=O) groups is 1. The minimum absolute atomic E-state index is 0.0287. The van der Waals surface area contributed by atoms with Crippen molar-refractivity contribution in [1.82, 2.24) is 4.90 Å². The molecule has 3 nitrogen and oxygen atoms in total. The summed E-state index contributed by atoms with van der Waals surface area (Å²) < 4.78 is 0. The number of carboxylic acid groups (broad SMARTS) is 1. The molecule has 2 rings (SSSR count). The Bertz CT molecular complexity index is 487. The highest BCUT2D eigenvalue weighted by Gasteiger charge is 2.29. The van der Waals surface area contributed by atoms with E-state index in [4.69, 9.17) is 28.3 Å². The van der Waals surface area contributed by atoms with E-state index < -0.39 is 5.97 Å². The second-order valence-corrected chi connectivity index (χ2v) is 6.19. The lowest BCUT2D eigenvalue weighted by atomic mass is 10.0. The van der Waals surface area contributed by atoms with Crippen LogP contribution in [0.25, 0.3) is 0 Å². The molecule has 1 aromatic carbocycles. The van der Waals surface area contributed by atoms with E-state index in [2.05, 4.69) is 0 Å². The van der Waals surface area contributed by atoms with Gasteiger partial charge in [-0.05, 0) is 37.5 Å². The Labute approximate surface area is 129 Å².